The van der Waals surface area contributed by atoms with Crippen LogP contribution in [0.3, 0.4) is 0 Å². The molecule has 37 heteroatoms. The molecule has 11 heterocycles. The number of cyclic esters (lactones) is 1. The minimum Gasteiger partial charge on any atom is -0.465 e. The zero-order valence-electron chi connectivity index (χ0n) is 76.5. The van der Waals surface area contributed by atoms with Crippen LogP contribution in [-0.4, -0.2) is 286 Å². The standard InChI is InChI=1S/C95H125N19O17S/c1-56-14-10-9-11-15-57(2)76(125-7)46-69-22-17-61(6)95(124,131-69)85(120)89(122)113-27-13-12-16-72(113)90(123)128-77(47-73(115)58(3)41-60(5)83(118)84(119)82(117)59(4)40-56)70(96)43-62-19-23-75(78(44-62)126-8)130-94(132)103-50-64-48-99-92(100-49-64)111-35-33-109(34-36-111)79(116)26-38-127-39-37-108-29-31-110(32-30-108)93-101-51-68(52-102-93)88(121)112-28-25-65-42-63(18-20-67(65)54-112)53-114-87-80(86(97)104-55-105-87)81(107-114)66-21-24-74-71(45-66)106-91(98)129-74/h9-11,14-15,18,20-21,24,41-42,45,48-49,51-52,55-56,58-59,61-62,69-70,72,75-78,83-84,118-119,124H,12-13,16-17,19,22-23,25-40,43-44,46-47,50,53-54,96H2,1-8H3,(H2,98,106)(H,103,132)(H2,97,104,105)/b11-9?,14-10+,57-15?,60-41+/t56-,58-,59-,61-,62+,69+,70-,72+,75-,76+,77+,78-,83-,84+,95-/m1/s1. The fourth-order valence-corrected chi connectivity index (χ4v) is 19.1. The number of ether oxygens (including phenoxy) is 6. The molecule has 708 valence electrons. The van der Waals surface area contributed by atoms with E-state index in [1.807, 2.05) is 75.7 Å². The predicted octanol–water partition coefficient (Wildman–Crippen LogP) is 7.13. The number of nitrogens with two attached hydrogens (primary N) is 3. The van der Waals surface area contributed by atoms with Crippen molar-refractivity contribution in [1.82, 2.24) is 69.6 Å². The Balaban J connectivity index is 0.496. The van der Waals surface area contributed by atoms with Crippen LogP contribution in [0.15, 0.2) is 120 Å². The molecule has 7 aromatic rings. The summed E-state index contributed by atoms with van der Waals surface area (Å²) in [6.07, 6.45) is 17.2. The van der Waals surface area contributed by atoms with Crippen molar-refractivity contribution in [3.8, 4) is 11.3 Å². The summed E-state index contributed by atoms with van der Waals surface area (Å²) >= 11 is 5.72. The van der Waals surface area contributed by atoms with Gasteiger partial charge in [-0.3, -0.25) is 33.7 Å². The van der Waals surface area contributed by atoms with E-state index in [2.05, 4.69) is 68.2 Å². The first-order valence-corrected chi connectivity index (χ1v) is 46.5. The van der Waals surface area contributed by atoms with E-state index in [0.29, 0.717) is 188 Å². The van der Waals surface area contributed by atoms with E-state index in [0.717, 1.165) is 51.4 Å². The molecule has 2 aromatic carbocycles. The second kappa shape index (κ2) is 44.2. The molecule has 2 bridgehead atoms. The first kappa shape index (κ1) is 97.0. The van der Waals surface area contributed by atoms with Gasteiger partial charge >= 0.3 is 5.97 Å². The van der Waals surface area contributed by atoms with Gasteiger partial charge < -0.3 is 95.2 Å². The predicted molar refractivity (Wildman–Crippen MR) is 496 cm³/mol. The molecule has 10 N–H and O–H groups in total. The number of oxazole rings is 1. The molecule has 0 radical (unpaired) electrons. The van der Waals surface area contributed by atoms with E-state index in [1.165, 1.54) is 19.3 Å². The second-order valence-electron chi connectivity index (χ2n) is 36.3. The van der Waals surface area contributed by atoms with Crippen molar-refractivity contribution in [2.75, 3.05) is 121 Å². The average Bonchev–Trinajstić information content (AvgIpc) is 1.26. The molecule has 1 saturated carbocycles. The van der Waals surface area contributed by atoms with E-state index in [1.54, 1.807) is 65.8 Å². The number of methoxy groups -OCH3 is 2. The molecule has 3 amide bonds. The first-order valence-electron chi connectivity index (χ1n) is 46.1. The Morgan fingerprint density at radius 3 is 2.23 bits per heavy atom. The van der Waals surface area contributed by atoms with Gasteiger partial charge in [-0.05, 0) is 155 Å². The maximum Gasteiger partial charge on any atom is 0.329 e. The molecular weight excluding hydrogens is 1710 g/mol. The van der Waals surface area contributed by atoms with Gasteiger partial charge in [0.1, 0.15) is 59.6 Å². The van der Waals surface area contributed by atoms with E-state index in [4.69, 9.17) is 67.4 Å². The second-order valence-corrected chi connectivity index (χ2v) is 36.7. The van der Waals surface area contributed by atoms with Crippen LogP contribution in [0, 0.1) is 29.6 Å². The number of thiocarbonyl (C=S) groups is 1. The number of piperazine rings is 2. The van der Waals surface area contributed by atoms with Crippen LogP contribution < -0.4 is 32.3 Å². The summed E-state index contributed by atoms with van der Waals surface area (Å²) < 4.78 is 44.0. The lowest BCUT2D eigenvalue weighted by Crippen LogP contribution is -2.61. The molecule has 6 aliphatic heterocycles. The van der Waals surface area contributed by atoms with Gasteiger partial charge in [0.2, 0.25) is 23.6 Å². The quantitative estimate of drug-likeness (QED) is 0.0131. The number of aliphatic hydroxyl groups is 3. The van der Waals surface area contributed by atoms with Crippen molar-refractivity contribution in [2.45, 2.75) is 212 Å². The van der Waals surface area contributed by atoms with Crippen molar-refractivity contribution in [3.05, 3.63) is 143 Å². The number of nitrogens with zero attached hydrogens (tertiary/aromatic N) is 15. The molecule has 36 nitrogen and oxygen atoms in total. The maximum absolute atomic E-state index is 14.8. The van der Waals surface area contributed by atoms with Gasteiger partial charge in [-0.2, -0.15) is 10.1 Å². The number of piperidine rings is 1. The van der Waals surface area contributed by atoms with Crippen molar-refractivity contribution in [1.29, 1.82) is 0 Å². The third kappa shape index (κ3) is 23.6. The van der Waals surface area contributed by atoms with Gasteiger partial charge in [0, 0.05) is 172 Å². The summed E-state index contributed by atoms with van der Waals surface area (Å²) in [6.45, 7) is 18.6. The molecule has 4 saturated heterocycles. The number of Topliss-reactive ketones (excluding diaryl/α,β-unsaturated/α-hetero) is 3. The van der Waals surface area contributed by atoms with Gasteiger partial charge in [-0.15, -0.1) is 0 Å². The monoisotopic (exact) mass is 1840 g/mol. The molecule has 7 aliphatic rings. The number of aliphatic hydroxyl groups excluding tert-OH is 2. The number of benzene rings is 2. The highest BCUT2D eigenvalue weighted by Crippen LogP contribution is 2.40. The lowest BCUT2D eigenvalue weighted by molar-refractivity contribution is -0.265. The molecule has 132 heavy (non-hydrogen) atoms. The molecule has 5 fully saturated rings. The van der Waals surface area contributed by atoms with Crippen LogP contribution in [-0.2, 0) is 83.2 Å². The highest BCUT2D eigenvalue weighted by atomic mass is 32.1. The number of amides is 3. The molecule has 5 aromatic heterocycles. The summed E-state index contributed by atoms with van der Waals surface area (Å²) in [7, 11) is 3.14. The molecule has 15 atom stereocenters. The SMILES string of the molecule is CO[C@H]1C[C@@H]2CC[C@@H](C)[C@@](O)(O2)C(=O)C(=O)N2CCCC[C@H]2C(=O)O[C@H]([C@H](N)C[C@@H]2CC[C@@H](OC(=S)NCc3cnc(N4CCN(C(=O)CCOCCN5CCN(c6ncc(C(=O)N7CCc8cc(Cn9nc(-c%10ccc%11oc(N)nc%11c%10)c%10c(N)ncnc%109)ccc8C7)cn6)CC5)CC4)nc3)[C@H](OC)C2)CC(=O)[C@H](C)/C=C(\C)[C@@H](O)[C@@H](O)C(=O)[C@H](C)C[C@H](C)/C=C/C=CC=C1C. The van der Waals surface area contributed by atoms with E-state index in [9.17, 15) is 48.9 Å². The lowest BCUT2D eigenvalue weighted by atomic mass is 9.80. The summed E-state index contributed by atoms with van der Waals surface area (Å²) in [6, 6.07) is 9.68. The van der Waals surface area contributed by atoms with Crippen LogP contribution in [0.4, 0.5) is 23.7 Å². The number of hydrogen-bond acceptors (Lipinski definition) is 32. The van der Waals surface area contributed by atoms with Crippen LogP contribution in [0.5, 0.6) is 0 Å². The van der Waals surface area contributed by atoms with Gasteiger partial charge in [0.15, 0.2) is 17.0 Å². The lowest BCUT2D eigenvalue weighted by Gasteiger charge is -2.42. The number of rotatable bonds is 20. The number of ketones is 3. The Bertz CT molecular complexity index is 5380. The molecule has 14 rings (SSSR count). The summed E-state index contributed by atoms with van der Waals surface area (Å²) in [5.74, 6) is -7.86. The third-order valence-corrected chi connectivity index (χ3v) is 27.2. The fourth-order valence-electron chi connectivity index (χ4n) is 19.0. The Morgan fingerprint density at radius 1 is 0.742 bits per heavy atom. The van der Waals surface area contributed by atoms with Crippen LogP contribution >= 0.6 is 12.2 Å². The Kier molecular flexibility index (Phi) is 32.5. The number of nitrogens with one attached hydrogen (secondary N) is 1. The smallest absolute Gasteiger partial charge is 0.329 e. The number of nitrogen functional groups attached to an aromatic ring is 2. The highest BCUT2D eigenvalue weighted by Gasteiger charge is 2.53. The fraction of sp³-hybridized carbons (Fsp3) is 0.558. The van der Waals surface area contributed by atoms with Crippen LogP contribution in [0.25, 0.3) is 33.4 Å². The first-order chi connectivity index (χ1) is 63.5. The van der Waals surface area contributed by atoms with Gasteiger partial charge in [0.05, 0.1) is 55.4 Å². The minimum absolute atomic E-state index is 0.00522. The number of aromatic nitrogens is 9. The van der Waals surface area contributed by atoms with Crippen molar-refractivity contribution >= 4 is 104 Å². The van der Waals surface area contributed by atoms with Crippen molar-refractivity contribution in [2.24, 2.45) is 35.3 Å². The number of esters is 1. The van der Waals surface area contributed by atoms with E-state index in [-0.39, 0.29) is 85.6 Å². The normalized spacial score (nSPS) is 27.3. The molecule has 0 unspecified atom stereocenters. The van der Waals surface area contributed by atoms with Crippen LogP contribution in [0.1, 0.15) is 158 Å². The topological polar surface area (TPSA) is 466 Å². The van der Waals surface area contributed by atoms with E-state index < -0.39 is 108 Å². The zero-order valence-corrected chi connectivity index (χ0v) is 77.3. The highest BCUT2D eigenvalue weighted by molar-refractivity contribution is 7.80. The number of allylic oxidation sites excluding steroid dienone is 6. The molecule has 0 spiro atoms. The average molecular weight is 1840 g/mol. The Morgan fingerprint density at radius 2 is 1.48 bits per heavy atom. The Hall–Kier alpha value is -11.0. The van der Waals surface area contributed by atoms with Gasteiger partial charge in [-0.25, -0.2) is 39.4 Å². The van der Waals surface area contributed by atoms with Gasteiger partial charge in [0.25, 0.3) is 28.8 Å². The Labute approximate surface area is 773 Å². The van der Waals surface area contributed by atoms with Crippen LogP contribution in [0.2, 0.25) is 0 Å². The third-order valence-electron chi connectivity index (χ3n) is 27.0. The minimum atomic E-state index is -2.51. The maximum atomic E-state index is 14.8. The number of fused-ring (bicyclic) bond motifs is 6. The summed E-state index contributed by atoms with van der Waals surface area (Å²) in [4.78, 5) is 142. The molecule has 1 aliphatic carbocycles. The van der Waals surface area contributed by atoms with Gasteiger partial charge in [-0.1, -0.05) is 82.4 Å². The number of carbonyl (C=O) groups excluding carboxylic acids is 7. The number of carbonyl (C=O) groups is 7. The van der Waals surface area contributed by atoms with Crippen molar-refractivity contribution < 1.29 is 81.7 Å². The van der Waals surface area contributed by atoms with E-state index >= 15 is 0 Å². The summed E-state index contributed by atoms with van der Waals surface area (Å²) in [5.41, 5.74) is 27.9. The van der Waals surface area contributed by atoms with Crippen molar-refractivity contribution in [3.63, 3.8) is 0 Å². The summed E-state index contributed by atoms with van der Waals surface area (Å²) in [5, 5.41) is 43.7. The largest absolute Gasteiger partial charge is 0.465 e. The zero-order chi connectivity index (χ0) is 93.6. The number of hydrogen-bond donors (Lipinski definition) is 7. The number of anilines is 4. The molecular formula is C95H125N19O17S.